The van der Waals surface area contributed by atoms with Crippen molar-refractivity contribution < 1.29 is 19.1 Å². The maximum Gasteiger partial charge on any atom is 0.404 e. The minimum absolute atomic E-state index is 0.190. The van der Waals surface area contributed by atoms with Gasteiger partial charge in [0.1, 0.15) is 23.2 Å². The van der Waals surface area contributed by atoms with Crippen molar-refractivity contribution in [2.24, 2.45) is 5.73 Å². The average molecular weight is 505 g/mol. The van der Waals surface area contributed by atoms with Gasteiger partial charge in [0, 0.05) is 32.9 Å². The largest absolute Gasteiger partial charge is 0.484 e. The molecular formula is C27H32N6O4. The number of nitrogens with two attached hydrogens (primary N) is 1. The van der Waals surface area contributed by atoms with Gasteiger partial charge in [0.25, 0.3) is 5.91 Å². The zero-order chi connectivity index (χ0) is 26.2. The predicted octanol–water partition coefficient (Wildman–Crippen LogP) is 4.00. The van der Waals surface area contributed by atoms with Crippen LogP contribution in [0.2, 0.25) is 0 Å². The van der Waals surface area contributed by atoms with Crippen LogP contribution in [0.4, 0.5) is 22.2 Å². The topological polar surface area (TPSA) is 123 Å². The van der Waals surface area contributed by atoms with E-state index in [9.17, 15) is 9.59 Å². The second-order valence-corrected chi connectivity index (χ2v) is 8.63. The normalized spacial score (nSPS) is 13.9. The smallest absolute Gasteiger partial charge is 0.404 e. The van der Waals surface area contributed by atoms with Crippen LogP contribution >= 0.6 is 0 Å². The molecule has 10 nitrogen and oxygen atoms in total. The van der Waals surface area contributed by atoms with Crippen molar-refractivity contribution in [1.82, 2.24) is 9.97 Å². The van der Waals surface area contributed by atoms with Gasteiger partial charge in [0.05, 0.1) is 12.3 Å². The minimum Gasteiger partial charge on any atom is -0.484 e. The van der Waals surface area contributed by atoms with Crippen molar-refractivity contribution in [2.75, 3.05) is 48.4 Å². The maximum atomic E-state index is 13.7. The second-order valence-electron chi connectivity index (χ2n) is 8.63. The molecule has 4 rings (SSSR count). The Morgan fingerprint density at radius 3 is 2.65 bits per heavy atom. The van der Waals surface area contributed by atoms with Gasteiger partial charge in [-0.15, -0.1) is 0 Å². The van der Waals surface area contributed by atoms with E-state index < -0.39 is 6.09 Å². The van der Waals surface area contributed by atoms with E-state index in [4.69, 9.17) is 15.2 Å². The highest BCUT2D eigenvalue weighted by Crippen LogP contribution is 2.36. The van der Waals surface area contributed by atoms with Crippen molar-refractivity contribution in [1.29, 1.82) is 0 Å². The number of nitrogens with one attached hydrogen (secondary N) is 1. The molecule has 3 aromatic rings. The standard InChI is InChI=1S/C27H32N6O4/c1-3-29-27-30-18-20-24(31-27)32(2)15-16-33(25(20)34)21-12-7-8-13-23(21)37-22(14-9-17-36-26(28)35)19-10-5-4-6-11-19/h4-8,10-13,18,22H,3,9,14-17H2,1-2H3,(H2,28,35)(H,29,30,31). The van der Waals surface area contributed by atoms with E-state index in [1.165, 1.54) is 0 Å². The molecular weight excluding hydrogens is 472 g/mol. The summed E-state index contributed by atoms with van der Waals surface area (Å²) in [7, 11) is 1.92. The Labute approximate surface area is 216 Å². The van der Waals surface area contributed by atoms with Crippen molar-refractivity contribution in [3.63, 3.8) is 0 Å². The number of carbonyl (C=O) groups is 2. The van der Waals surface area contributed by atoms with E-state index in [2.05, 4.69) is 15.3 Å². The van der Waals surface area contributed by atoms with Gasteiger partial charge in [-0.05, 0) is 37.5 Å². The number of likely N-dealkylation sites (N-methyl/N-ethyl adjacent to an activating group) is 1. The van der Waals surface area contributed by atoms with E-state index in [1.807, 2.05) is 73.5 Å². The number of hydrogen-bond donors (Lipinski definition) is 2. The molecule has 0 bridgehead atoms. The molecule has 1 atom stereocenters. The third-order valence-electron chi connectivity index (χ3n) is 6.05. The lowest BCUT2D eigenvalue weighted by molar-refractivity contribution is 0.0987. The molecule has 1 unspecified atom stereocenters. The molecule has 0 saturated carbocycles. The van der Waals surface area contributed by atoms with Crippen LogP contribution in [-0.2, 0) is 4.74 Å². The average Bonchev–Trinajstić information content (AvgIpc) is 3.02. The number of primary amides is 1. The monoisotopic (exact) mass is 504 g/mol. The number of hydrogen-bond acceptors (Lipinski definition) is 8. The summed E-state index contributed by atoms with van der Waals surface area (Å²) in [6.45, 7) is 3.89. The molecule has 0 fully saturated rings. The number of rotatable bonds is 10. The van der Waals surface area contributed by atoms with Crippen LogP contribution in [0.15, 0.2) is 60.8 Å². The molecule has 0 spiro atoms. The molecule has 1 aliphatic rings. The van der Waals surface area contributed by atoms with Gasteiger partial charge in [-0.25, -0.2) is 9.78 Å². The first kappa shape index (κ1) is 25.7. The van der Waals surface area contributed by atoms with Crippen LogP contribution in [0.25, 0.3) is 0 Å². The van der Waals surface area contributed by atoms with E-state index in [0.717, 1.165) is 5.56 Å². The summed E-state index contributed by atoms with van der Waals surface area (Å²) in [5, 5.41) is 3.10. The highest BCUT2D eigenvalue weighted by atomic mass is 16.5. The Balaban J connectivity index is 1.62. The summed E-state index contributed by atoms with van der Waals surface area (Å²) in [6, 6.07) is 17.3. The number of amides is 2. The number of para-hydroxylation sites is 2. The van der Waals surface area contributed by atoms with Gasteiger partial charge in [0.15, 0.2) is 0 Å². The molecule has 194 valence electrons. The van der Waals surface area contributed by atoms with Gasteiger partial charge in [-0.2, -0.15) is 4.98 Å². The summed E-state index contributed by atoms with van der Waals surface area (Å²) in [6.07, 6.45) is 1.62. The number of fused-ring (bicyclic) bond motifs is 1. The number of aromatic nitrogens is 2. The third kappa shape index (κ3) is 6.27. The molecule has 0 radical (unpaired) electrons. The summed E-state index contributed by atoms with van der Waals surface area (Å²) >= 11 is 0. The van der Waals surface area contributed by atoms with Crippen molar-refractivity contribution >= 4 is 29.5 Å². The van der Waals surface area contributed by atoms with Crippen molar-refractivity contribution in [3.05, 3.63) is 71.9 Å². The van der Waals surface area contributed by atoms with Gasteiger partial charge in [-0.3, -0.25) is 4.79 Å². The van der Waals surface area contributed by atoms with E-state index in [1.54, 1.807) is 11.1 Å². The molecule has 2 aromatic carbocycles. The van der Waals surface area contributed by atoms with Gasteiger partial charge in [-0.1, -0.05) is 42.5 Å². The van der Waals surface area contributed by atoms with Crippen LogP contribution in [0.5, 0.6) is 5.75 Å². The first-order valence-corrected chi connectivity index (χ1v) is 12.3. The molecule has 37 heavy (non-hydrogen) atoms. The van der Waals surface area contributed by atoms with Gasteiger partial charge >= 0.3 is 6.09 Å². The third-order valence-corrected chi connectivity index (χ3v) is 6.05. The highest BCUT2D eigenvalue weighted by Gasteiger charge is 2.30. The van der Waals surface area contributed by atoms with Crippen LogP contribution < -0.4 is 25.6 Å². The first-order valence-electron chi connectivity index (χ1n) is 12.3. The summed E-state index contributed by atoms with van der Waals surface area (Å²) in [4.78, 5) is 37.3. The van der Waals surface area contributed by atoms with E-state index in [-0.39, 0.29) is 18.6 Å². The molecule has 0 aliphatic carbocycles. The minimum atomic E-state index is -0.797. The summed E-state index contributed by atoms with van der Waals surface area (Å²) in [5.74, 6) is 1.47. The van der Waals surface area contributed by atoms with Crippen molar-refractivity contribution in [3.8, 4) is 5.75 Å². The second kappa shape index (κ2) is 12.1. The highest BCUT2D eigenvalue weighted by molar-refractivity contribution is 6.10. The fourth-order valence-electron chi connectivity index (χ4n) is 4.23. The Hall–Kier alpha value is -4.34. The van der Waals surface area contributed by atoms with Crippen LogP contribution in [-0.4, -0.2) is 55.3 Å². The SMILES string of the molecule is CCNc1ncc2c(n1)N(C)CCN(c1ccccc1OC(CCCOC(N)=O)c1ccccc1)C2=O. The molecule has 1 aliphatic heterocycles. The maximum absolute atomic E-state index is 13.7. The number of nitrogens with zero attached hydrogens (tertiary/aromatic N) is 4. The van der Waals surface area contributed by atoms with Crippen molar-refractivity contribution in [2.45, 2.75) is 25.9 Å². The fourth-order valence-corrected chi connectivity index (χ4v) is 4.23. The fraction of sp³-hybridized carbons (Fsp3) is 0.333. The van der Waals surface area contributed by atoms with E-state index >= 15 is 0 Å². The van der Waals surface area contributed by atoms with E-state index in [0.29, 0.717) is 61.2 Å². The number of benzene rings is 2. The lowest BCUT2D eigenvalue weighted by Gasteiger charge is -2.26. The Morgan fingerprint density at radius 2 is 1.89 bits per heavy atom. The number of ether oxygens (including phenoxy) is 2. The quantitative estimate of drug-likeness (QED) is 0.397. The molecule has 1 aromatic heterocycles. The summed E-state index contributed by atoms with van der Waals surface area (Å²) < 4.78 is 11.4. The first-order chi connectivity index (χ1) is 18.0. The Bertz CT molecular complexity index is 1220. The van der Waals surface area contributed by atoms with Crippen LogP contribution in [0, 0.1) is 0 Å². The zero-order valence-electron chi connectivity index (χ0n) is 21.1. The predicted molar refractivity (Wildman–Crippen MR) is 142 cm³/mol. The molecule has 10 heteroatoms. The summed E-state index contributed by atoms with van der Waals surface area (Å²) in [5.41, 5.74) is 7.17. The molecule has 0 saturated heterocycles. The molecule has 2 amide bonds. The molecule has 2 heterocycles. The Morgan fingerprint density at radius 1 is 1.14 bits per heavy atom. The number of carbonyl (C=O) groups excluding carboxylic acids is 2. The Kier molecular flexibility index (Phi) is 8.40. The van der Waals surface area contributed by atoms with Crippen LogP contribution in [0.1, 0.15) is 41.8 Å². The van der Waals surface area contributed by atoms with Gasteiger partial charge < -0.3 is 30.3 Å². The lowest BCUT2D eigenvalue weighted by atomic mass is 10.0. The lowest BCUT2D eigenvalue weighted by Crippen LogP contribution is -2.34. The number of anilines is 3. The zero-order valence-corrected chi connectivity index (χ0v) is 21.1. The molecule has 3 N–H and O–H groups in total. The van der Waals surface area contributed by atoms with Crippen LogP contribution in [0.3, 0.4) is 0 Å². The van der Waals surface area contributed by atoms with Gasteiger partial charge in [0.2, 0.25) is 5.95 Å².